The molecule has 0 atom stereocenters. The van der Waals surface area contributed by atoms with E-state index in [1.54, 1.807) is 24.6 Å². The summed E-state index contributed by atoms with van der Waals surface area (Å²) in [4.78, 5) is 10.9. The summed E-state index contributed by atoms with van der Waals surface area (Å²) in [6.45, 7) is 3.32. The van der Waals surface area contributed by atoms with Crippen LogP contribution in [0, 0.1) is 5.82 Å². The van der Waals surface area contributed by atoms with Gasteiger partial charge < -0.3 is 4.79 Å². The normalized spacial score (nSPS) is 11.8. The number of carbonyl (C=O) groups is 1. The maximum Gasteiger partial charge on any atom is 0.169 e. The smallest absolute Gasteiger partial charge is 0.169 e. The minimum Gasteiger partial charge on any atom is -0.301 e. The van der Waals surface area contributed by atoms with Crippen LogP contribution in [0.25, 0.3) is 11.3 Å². The number of carbonyl (C=O) groups excluding carboxylic acids is 1. The summed E-state index contributed by atoms with van der Waals surface area (Å²) in [6.07, 6.45) is 1.93. The van der Waals surface area contributed by atoms with Gasteiger partial charge in [-0.3, -0.25) is 4.68 Å². The average molecular weight is 273 g/mol. The molecule has 0 saturated carbocycles. The van der Waals surface area contributed by atoms with Crippen molar-refractivity contribution in [3.63, 3.8) is 0 Å². The molecule has 0 amide bonds. The van der Waals surface area contributed by atoms with E-state index in [1.165, 1.54) is 22.2 Å². The second kappa shape index (κ2) is 4.23. The first-order chi connectivity index (χ1) is 7.95. The lowest BCUT2D eigenvalue weighted by Crippen LogP contribution is -2.28. The van der Waals surface area contributed by atoms with Crippen molar-refractivity contribution in [1.29, 1.82) is 0 Å². The molecule has 2 rings (SSSR count). The van der Waals surface area contributed by atoms with Crippen LogP contribution in [0.4, 0.5) is 4.39 Å². The van der Waals surface area contributed by atoms with Crippen molar-refractivity contribution in [3.8, 4) is 11.3 Å². The second-order valence-corrected chi connectivity index (χ2v) is 5.33. The van der Waals surface area contributed by atoms with Gasteiger partial charge in [0.15, 0.2) is 5.82 Å². The fraction of sp³-hybridized carbons (Fsp3) is 0.273. The Morgan fingerprint density at radius 1 is 1.53 bits per heavy atom. The van der Waals surface area contributed by atoms with Crippen LogP contribution >= 0.6 is 22.9 Å². The van der Waals surface area contributed by atoms with Crippen molar-refractivity contribution in [1.82, 2.24) is 9.78 Å². The van der Waals surface area contributed by atoms with Crippen LogP contribution in [-0.4, -0.2) is 16.1 Å². The van der Waals surface area contributed by atoms with Gasteiger partial charge in [0, 0.05) is 16.3 Å². The highest BCUT2D eigenvalue weighted by molar-refractivity contribution is 7.09. The lowest BCUT2D eigenvalue weighted by Gasteiger charge is -2.16. The van der Waals surface area contributed by atoms with Crippen LogP contribution < -0.4 is 0 Å². The van der Waals surface area contributed by atoms with E-state index in [-0.39, 0.29) is 5.69 Å². The van der Waals surface area contributed by atoms with Gasteiger partial charge in [0.2, 0.25) is 0 Å². The summed E-state index contributed by atoms with van der Waals surface area (Å²) >= 11 is 7.30. The molecule has 0 fully saturated rings. The Hall–Kier alpha value is -1.20. The minimum atomic E-state index is -0.873. The van der Waals surface area contributed by atoms with Crippen LogP contribution in [0.2, 0.25) is 5.02 Å². The monoisotopic (exact) mass is 272 g/mol. The van der Waals surface area contributed by atoms with Crippen molar-refractivity contribution >= 4 is 29.2 Å². The predicted octanol–water partition coefficient (Wildman–Crippen LogP) is 3.34. The number of halogens is 2. The Labute approximate surface area is 107 Å². The first-order valence-corrected chi connectivity index (χ1v) is 6.22. The van der Waals surface area contributed by atoms with Gasteiger partial charge in [-0.05, 0) is 13.8 Å². The summed E-state index contributed by atoms with van der Waals surface area (Å²) in [7, 11) is 0. The summed E-state index contributed by atoms with van der Waals surface area (Å²) in [5.41, 5.74) is -0.150. The third-order valence-corrected chi connectivity index (χ3v) is 3.60. The molecule has 0 N–H and O–H groups in total. The minimum absolute atomic E-state index is 0.172. The fourth-order valence-electron chi connectivity index (χ4n) is 1.34. The van der Waals surface area contributed by atoms with Gasteiger partial charge in [0.05, 0.1) is 11.2 Å². The number of rotatable bonds is 3. The first-order valence-electron chi connectivity index (χ1n) is 4.90. The zero-order chi connectivity index (χ0) is 12.6. The van der Waals surface area contributed by atoms with Gasteiger partial charge in [-0.25, -0.2) is 4.39 Å². The molecule has 0 spiro atoms. The van der Waals surface area contributed by atoms with Gasteiger partial charge in [-0.15, -0.1) is 0 Å². The molecule has 0 aromatic carbocycles. The molecular formula is C11H10ClFN2OS. The topological polar surface area (TPSA) is 34.9 Å². The number of hydrogen-bond acceptors (Lipinski definition) is 3. The number of aromatic nitrogens is 2. The lowest BCUT2D eigenvalue weighted by atomic mass is 10.1. The van der Waals surface area contributed by atoms with Crippen LogP contribution in [0.15, 0.2) is 17.0 Å². The summed E-state index contributed by atoms with van der Waals surface area (Å²) in [5.74, 6) is -0.486. The van der Waals surface area contributed by atoms with Gasteiger partial charge in [0.25, 0.3) is 0 Å². The molecule has 2 aromatic rings. The number of nitrogens with zero attached hydrogens (tertiary/aromatic N) is 2. The Morgan fingerprint density at radius 2 is 2.24 bits per heavy atom. The zero-order valence-corrected chi connectivity index (χ0v) is 10.8. The van der Waals surface area contributed by atoms with Crippen molar-refractivity contribution in [3.05, 3.63) is 27.8 Å². The molecule has 0 radical (unpaired) electrons. The lowest BCUT2D eigenvalue weighted by molar-refractivity contribution is -0.114. The molecule has 3 nitrogen and oxygen atoms in total. The molecule has 0 aliphatic heterocycles. The second-order valence-electron chi connectivity index (χ2n) is 4.18. The van der Waals surface area contributed by atoms with E-state index in [9.17, 15) is 9.18 Å². The van der Waals surface area contributed by atoms with E-state index in [4.69, 9.17) is 11.6 Å². The Bertz CT molecular complexity index is 562. The van der Waals surface area contributed by atoms with Gasteiger partial charge in [-0.2, -0.15) is 16.4 Å². The molecular weight excluding hydrogens is 263 g/mol. The highest BCUT2D eigenvalue weighted by atomic mass is 35.5. The molecule has 6 heteroatoms. The molecule has 90 valence electrons. The maximum atomic E-state index is 13.8. The Morgan fingerprint density at radius 3 is 2.76 bits per heavy atom. The van der Waals surface area contributed by atoms with Crippen LogP contribution in [0.3, 0.4) is 0 Å². The van der Waals surface area contributed by atoms with Crippen molar-refractivity contribution < 1.29 is 9.18 Å². The van der Waals surface area contributed by atoms with Crippen LogP contribution in [-0.2, 0) is 10.3 Å². The van der Waals surface area contributed by atoms with E-state index in [1.807, 2.05) is 0 Å². The van der Waals surface area contributed by atoms with E-state index >= 15 is 0 Å². The third-order valence-electron chi connectivity index (χ3n) is 2.42. The van der Waals surface area contributed by atoms with Crippen molar-refractivity contribution in [2.75, 3.05) is 0 Å². The molecule has 0 aliphatic carbocycles. The highest BCUT2D eigenvalue weighted by Crippen LogP contribution is 2.32. The SMILES string of the molecule is CC(C)(C=O)n1cc(F)c(-c2cscc2Cl)n1. The number of thiophene rings is 1. The largest absolute Gasteiger partial charge is 0.301 e. The first kappa shape index (κ1) is 12.3. The number of hydrogen-bond donors (Lipinski definition) is 0. The summed E-state index contributed by atoms with van der Waals surface area (Å²) < 4.78 is 15.1. The molecule has 0 aliphatic rings. The predicted molar refractivity (Wildman–Crippen MR) is 65.9 cm³/mol. The van der Waals surface area contributed by atoms with Gasteiger partial charge in [-0.1, -0.05) is 11.6 Å². The Balaban J connectivity index is 2.52. The molecule has 17 heavy (non-hydrogen) atoms. The molecule has 2 aromatic heterocycles. The number of aldehydes is 1. The quantitative estimate of drug-likeness (QED) is 0.803. The zero-order valence-electron chi connectivity index (χ0n) is 9.28. The van der Waals surface area contributed by atoms with Crippen molar-refractivity contribution in [2.45, 2.75) is 19.4 Å². The molecule has 0 unspecified atom stereocenters. The van der Waals surface area contributed by atoms with E-state index in [0.717, 1.165) is 6.29 Å². The van der Waals surface area contributed by atoms with Gasteiger partial charge >= 0.3 is 0 Å². The summed E-state index contributed by atoms with van der Waals surface area (Å²) in [5, 5.41) is 7.99. The van der Waals surface area contributed by atoms with E-state index < -0.39 is 11.4 Å². The van der Waals surface area contributed by atoms with E-state index in [0.29, 0.717) is 10.6 Å². The maximum absolute atomic E-state index is 13.8. The van der Waals surface area contributed by atoms with Crippen LogP contribution in [0.5, 0.6) is 0 Å². The van der Waals surface area contributed by atoms with Gasteiger partial charge in [0.1, 0.15) is 17.5 Å². The molecule has 0 saturated heterocycles. The molecule has 2 heterocycles. The fourth-order valence-corrected chi connectivity index (χ4v) is 2.39. The standard InChI is InChI=1S/C11H10ClFN2OS/c1-11(2,6-16)15-3-9(13)10(14-15)7-4-17-5-8(7)12/h3-6H,1-2H3. The highest BCUT2D eigenvalue weighted by Gasteiger charge is 2.24. The third kappa shape index (κ3) is 2.12. The average Bonchev–Trinajstić information content (AvgIpc) is 2.85. The van der Waals surface area contributed by atoms with Crippen molar-refractivity contribution in [2.24, 2.45) is 0 Å². The van der Waals surface area contributed by atoms with Crippen LogP contribution in [0.1, 0.15) is 13.8 Å². The molecule has 0 bridgehead atoms. The summed E-state index contributed by atoms with van der Waals surface area (Å²) in [6, 6.07) is 0. The van der Waals surface area contributed by atoms with E-state index in [2.05, 4.69) is 5.10 Å². The Kier molecular flexibility index (Phi) is 3.05.